The van der Waals surface area contributed by atoms with Crippen LogP contribution in [0.5, 0.6) is 0 Å². The van der Waals surface area contributed by atoms with Crippen molar-refractivity contribution < 1.29 is 17.9 Å². The minimum absolute atomic E-state index is 0.154. The number of nitrogens with zero attached hydrogens (tertiary/aromatic N) is 1. The van der Waals surface area contributed by atoms with Crippen molar-refractivity contribution >= 4 is 16.0 Å². The Bertz CT molecular complexity index is 494. The number of rotatable bonds is 4. The maximum Gasteiger partial charge on any atom is 0.310 e. The van der Waals surface area contributed by atoms with Crippen LogP contribution in [0.3, 0.4) is 0 Å². The Morgan fingerprint density at radius 1 is 1.23 bits per heavy atom. The van der Waals surface area contributed by atoms with Gasteiger partial charge in [0.05, 0.1) is 18.3 Å². The Hall–Kier alpha value is -0.660. The molecule has 128 valence electrons. The van der Waals surface area contributed by atoms with E-state index in [-0.39, 0.29) is 12.0 Å². The molecule has 2 aliphatic rings. The number of methoxy groups -OCH3 is 1. The zero-order valence-electron chi connectivity index (χ0n) is 13.5. The lowest BCUT2D eigenvalue weighted by atomic mass is 9.89. The highest BCUT2D eigenvalue weighted by atomic mass is 32.2. The molecule has 1 saturated heterocycles. The van der Waals surface area contributed by atoms with Gasteiger partial charge < -0.3 is 10.5 Å². The van der Waals surface area contributed by atoms with Crippen LogP contribution in [-0.2, 0) is 19.6 Å². The lowest BCUT2D eigenvalue weighted by molar-refractivity contribution is -0.146. The molecule has 4 atom stereocenters. The molecular formula is C15H28N2O4S. The lowest BCUT2D eigenvalue weighted by Crippen LogP contribution is -2.55. The van der Waals surface area contributed by atoms with E-state index in [1.807, 2.05) is 0 Å². The van der Waals surface area contributed by atoms with E-state index in [1.165, 1.54) is 7.11 Å². The van der Waals surface area contributed by atoms with Crippen LogP contribution in [0.1, 0.15) is 45.4 Å². The second-order valence-electron chi connectivity index (χ2n) is 6.53. The molecule has 1 aliphatic heterocycles. The normalized spacial score (nSPS) is 34.3. The van der Waals surface area contributed by atoms with Gasteiger partial charge in [0.2, 0.25) is 10.0 Å². The maximum atomic E-state index is 13.1. The third-order valence-corrected chi connectivity index (χ3v) is 7.66. The summed E-state index contributed by atoms with van der Waals surface area (Å²) in [5.41, 5.74) is 5.83. The highest BCUT2D eigenvalue weighted by Crippen LogP contribution is 2.35. The second-order valence-corrected chi connectivity index (χ2v) is 8.64. The van der Waals surface area contributed by atoms with Gasteiger partial charge in [0.15, 0.2) is 0 Å². The molecule has 1 aliphatic carbocycles. The smallest absolute Gasteiger partial charge is 0.310 e. The summed E-state index contributed by atoms with van der Waals surface area (Å²) in [7, 11) is -2.21. The summed E-state index contributed by atoms with van der Waals surface area (Å²) >= 11 is 0. The molecule has 0 amide bonds. The van der Waals surface area contributed by atoms with E-state index in [2.05, 4.69) is 6.92 Å². The van der Waals surface area contributed by atoms with Crippen molar-refractivity contribution in [1.29, 1.82) is 0 Å². The van der Waals surface area contributed by atoms with E-state index >= 15 is 0 Å². The van der Waals surface area contributed by atoms with Gasteiger partial charge in [-0.25, -0.2) is 8.42 Å². The number of ether oxygens (including phenoxy) is 1. The maximum absolute atomic E-state index is 13.1. The summed E-state index contributed by atoms with van der Waals surface area (Å²) in [5.74, 6) is -0.685. The largest absolute Gasteiger partial charge is 0.469 e. The number of hydrogen-bond donors (Lipinski definition) is 1. The summed E-state index contributed by atoms with van der Waals surface area (Å²) in [4.78, 5) is 12.0. The van der Waals surface area contributed by atoms with E-state index < -0.39 is 27.2 Å². The molecule has 0 aromatic heterocycles. The van der Waals surface area contributed by atoms with Gasteiger partial charge in [-0.15, -0.1) is 0 Å². The van der Waals surface area contributed by atoms with E-state index in [0.717, 1.165) is 25.7 Å². The molecule has 1 heterocycles. The molecule has 0 radical (unpaired) electrons. The van der Waals surface area contributed by atoms with Crippen molar-refractivity contribution in [3.8, 4) is 0 Å². The predicted octanol–water partition coefficient (Wildman–Crippen LogP) is 1.11. The van der Waals surface area contributed by atoms with Gasteiger partial charge in [-0.05, 0) is 31.6 Å². The van der Waals surface area contributed by atoms with Crippen LogP contribution in [0.4, 0.5) is 0 Å². The van der Waals surface area contributed by atoms with Gasteiger partial charge in [0, 0.05) is 19.1 Å². The van der Waals surface area contributed by atoms with Crippen molar-refractivity contribution in [2.24, 2.45) is 17.6 Å². The van der Waals surface area contributed by atoms with Crippen molar-refractivity contribution in [1.82, 2.24) is 4.31 Å². The topological polar surface area (TPSA) is 89.7 Å². The molecule has 0 bridgehead atoms. The number of nitrogens with two attached hydrogens (primary N) is 1. The molecule has 6 nitrogen and oxygen atoms in total. The fourth-order valence-electron chi connectivity index (χ4n) is 3.93. The molecule has 0 aromatic carbocycles. The van der Waals surface area contributed by atoms with Crippen molar-refractivity contribution in [3.63, 3.8) is 0 Å². The van der Waals surface area contributed by atoms with Crippen molar-refractivity contribution in [2.45, 2.75) is 56.7 Å². The van der Waals surface area contributed by atoms with Gasteiger partial charge in [-0.3, -0.25) is 4.79 Å². The molecule has 0 aromatic rings. The summed E-state index contributed by atoms with van der Waals surface area (Å²) < 4.78 is 32.7. The first kappa shape index (κ1) is 17.7. The lowest BCUT2D eigenvalue weighted by Gasteiger charge is -2.42. The molecule has 4 unspecified atom stereocenters. The fraction of sp³-hybridized carbons (Fsp3) is 0.933. The number of carbonyl (C=O) groups excluding carboxylic acids is 1. The Morgan fingerprint density at radius 3 is 2.55 bits per heavy atom. The molecule has 7 heteroatoms. The molecule has 2 N–H and O–H groups in total. The average molecular weight is 332 g/mol. The predicted molar refractivity (Wildman–Crippen MR) is 84.6 cm³/mol. The van der Waals surface area contributed by atoms with Gasteiger partial charge in [0.1, 0.15) is 0 Å². The van der Waals surface area contributed by atoms with E-state index in [9.17, 15) is 13.2 Å². The summed E-state index contributed by atoms with van der Waals surface area (Å²) in [6, 6.07) is -0.154. The van der Waals surface area contributed by atoms with Crippen LogP contribution >= 0.6 is 0 Å². The quantitative estimate of drug-likeness (QED) is 0.779. The summed E-state index contributed by atoms with van der Waals surface area (Å²) in [6.07, 6.45) is 4.69. The Labute approximate surface area is 133 Å². The third-order valence-electron chi connectivity index (χ3n) is 5.22. The Morgan fingerprint density at radius 2 is 1.91 bits per heavy atom. The van der Waals surface area contributed by atoms with Gasteiger partial charge in [0.25, 0.3) is 0 Å². The van der Waals surface area contributed by atoms with Crippen LogP contribution in [0.25, 0.3) is 0 Å². The Balaban J connectivity index is 2.28. The van der Waals surface area contributed by atoms with Crippen LogP contribution in [-0.4, -0.2) is 50.2 Å². The average Bonchev–Trinajstić information content (AvgIpc) is 2.53. The number of piperidine rings is 1. The van der Waals surface area contributed by atoms with Crippen LogP contribution < -0.4 is 5.73 Å². The van der Waals surface area contributed by atoms with Gasteiger partial charge >= 0.3 is 5.97 Å². The minimum Gasteiger partial charge on any atom is -0.469 e. The molecule has 0 spiro atoms. The molecule has 2 rings (SSSR count). The van der Waals surface area contributed by atoms with Crippen molar-refractivity contribution in [3.05, 3.63) is 0 Å². The Kier molecular flexibility index (Phi) is 5.85. The monoisotopic (exact) mass is 332 g/mol. The first-order valence-corrected chi connectivity index (χ1v) is 9.72. The van der Waals surface area contributed by atoms with E-state index in [4.69, 9.17) is 10.5 Å². The highest BCUT2D eigenvalue weighted by molar-refractivity contribution is 7.89. The molecule has 2 fully saturated rings. The van der Waals surface area contributed by atoms with Crippen LogP contribution in [0.15, 0.2) is 0 Å². The SMILES string of the molecule is COC(=O)C1CCCCC1S(=O)(=O)N1CCCC(C)C1CN. The summed E-state index contributed by atoms with van der Waals surface area (Å²) in [6.45, 7) is 2.90. The van der Waals surface area contributed by atoms with Gasteiger partial charge in [-0.2, -0.15) is 4.31 Å². The number of carbonyl (C=O) groups is 1. The number of esters is 1. The third kappa shape index (κ3) is 3.31. The highest BCUT2D eigenvalue weighted by Gasteiger charge is 2.46. The van der Waals surface area contributed by atoms with Crippen LogP contribution in [0, 0.1) is 11.8 Å². The zero-order chi connectivity index (χ0) is 16.3. The minimum atomic E-state index is -3.53. The fourth-order valence-corrected chi connectivity index (χ4v) is 6.45. The molecule has 22 heavy (non-hydrogen) atoms. The van der Waals surface area contributed by atoms with Gasteiger partial charge in [-0.1, -0.05) is 19.8 Å². The second kappa shape index (κ2) is 7.27. The zero-order valence-corrected chi connectivity index (χ0v) is 14.3. The molecule has 1 saturated carbocycles. The number of hydrogen-bond acceptors (Lipinski definition) is 5. The number of sulfonamides is 1. The van der Waals surface area contributed by atoms with Crippen molar-refractivity contribution in [2.75, 3.05) is 20.2 Å². The first-order chi connectivity index (χ1) is 10.4. The standard InChI is InChI=1S/C15H28N2O4S/c1-11-6-5-9-17(13(11)10-16)22(19,20)14-8-4-3-7-12(14)15(18)21-2/h11-14H,3-10,16H2,1-2H3. The van der Waals surface area contributed by atoms with Crippen LogP contribution in [0.2, 0.25) is 0 Å². The molecular weight excluding hydrogens is 304 g/mol. The first-order valence-electron chi connectivity index (χ1n) is 8.22. The summed E-state index contributed by atoms with van der Waals surface area (Å²) in [5, 5.41) is -0.659. The van der Waals surface area contributed by atoms with E-state index in [1.54, 1.807) is 4.31 Å². The van der Waals surface area contributed by atoms with E-state index in [0.29, 0.717) is 25.9 Å².